The van der Waals surface area contributed by atoms with Crippen molar-refractivity contribution in [2.45, 2.75) is 40.7 Å². The van der Waals surface area contributed by atoms with Crippen LogP contribution in [0.2, 0.25) is 0 Å². The van der Waals surface area contributed by atoms with E-state index in [-0.39, 0.29) is 5.82 Å². The van der Waals surface area contributed by atoms with E-state index in [1.54, 1.807) is 19.9 Å². The van der Waals surface area contributed by atoms with E-state index in [1.807, 2.05) is 26.8 Å². The first-order chi connectivity index (χ1) is 9.79. The molecule has 0 saturated carbocycles. The molecule has 0 radical (unpaired) electrons. The van der Waals surface area contributed by atoms with Crippen molar-refractivity contribution in [1.82, 2.24) is 0 Å². The van der Waals surface area contributed by atoms with Gasteiger partial charge in [0, 0.05) is 5.56 Å². The van der Waals surface area contributed by atoms with Crippen LogP contribution in [-0.4, -0.2) is 5.11 Å². The molecule has 2 rings (SSSR count). The average molecular weight is 288 g/mol. The van der Waals surface area contributed by atoms with E-state index in [9.17, 15) is 9.50 Å². The van der Waals surface area contributed by atoms with Crippen molar-refractivity contribution < 1.29 is 14.2 Å². The second kappa shape index (κ2) is 5.86. The molecule has 0 fully saturated rings. The van der Waals surface area contributed by atoms with Gasteiger partial charge in [0.05, 0.1) is 6.10 Å². The third-order valence-electron chi connectivity index (χ3n) is 3.73. The van der Waals surface area contributed by atoms with E-state index in [0.29, 0.717) is 16.9 Å². The first-order valence-electron chi connectivity index (χ1n) is 7.03. The van der Waals surface area contributed by atoms with Crippen LogP contribution in [0.5, 0.6) is 11.5 Å². The van der Waals surface area contributed by atoms with Crippen LogP contribution >= 0.6 is 0 Å². The van der Waals surface area contributed by atoms with Crippen molar-refractivity contribution in [1.29, 1.82) is 0 Å². The van der Waals surface area contributed by atoms with Crippen molar-refractivity contribution in [2.75, 3.05) is 0 Å². The molecule has 0 unspecified atom stereocenters. The maximum atomic E-state index is 13.7. The number of hydrogen-bond donors (Lipinski definition) is 1. The molecule has 2 aromatic carbocycles. The number of aliphatic hydroxyl groups excluding tert-OH is 1. The van der Waals surface area contributed by atoms with Crippen molar-refractivity contribution in [3.8, 4) is 11.5 Å². The zero-order chi connectivity index (χ0) is 15.7. The lowest BCUT2D eigenvalue weighted by Gasteiger charge is -2.17. The van der Waals surface area contributed by atoms with Gasteiger partial charge in [-0.1, -0.05) is 6.07 Å². The van der Waals surface area contributed by atoms with Crippen molar-refractivity contribution in [3.05, 3.63) is 57.9 Å². The van der Waals surface area contributed by atoms with Gasteiger partial charge in [0.2, 0.25) is 0 Å². The highest BCUT2D eigenvalue weighted by Crippen LogP contribution is 2.34. The molecular weight excluding hydrogens is 267 g/mol. The van der Waals surface area contributed by atoms with Crippen LogP contribution in [0.4, 0.5) is 4.39 Å². The van der Waals surface area contributed by atoms with Crippen LogP contribution in [0.3, 0.4) is 0 Å². The minimum Gasteiger partial charge on any atom is -0.457 e. The molecule has 1 atom stereocenters. The van der Waals surface area contributed by atoms with E-state index in [4.69, 9.17) is 4.74 Å². The maximum absolute atomic E-state index is 13.7. The predicted octanol–water partition coefficient (Wildman–Crippen LogP) is 4.90. The normalized spacial score (nSPS) is 12.3. The van der Waals surface area contributed by atoms with Gasteiger partial charge < -0.3 is 9.84 Å². The number of aryl methyl sites for hydroxylation is 3. The Labute approximate surface area is 125 Å². The van der Waals surface area contributed by atoms with Crippen LogP contribution in [0, 0.1) is 33.5 Å². The standard InChI is InChI=1S/C18H21FO2/c1-10-6-11(2)13(4)17(7-10)21-18-8-12(3)16(19)9-15(18)14(5)20/h6-9,14,20H,1-5H3/t14-/m0/s1. The highest BCUT2D eigenvalue weighted by Gasteiger charge is 2.15. The summed E-state index contributed by atoms with van der Waals surface area (Å²) in [7, 11) is 0. The monoisotopic (exact) mass is 288 g/mol. The highest BCUT2D eigenvalue weighted by atomic mass is 19.1. The second-order valence-corrected chi connectivity index (χ2v) is 5.62. The Kier molecular flexibility index (Phi) is 4.33. The average Bonchev–Trinajstić information content (AvgIpc) is 2.39. The molecule has 0 aliphatic heterocycles. The van der Waals surface area contributed by atoms with Gasteiger partial charge in [-0.25, -0.2) is 4.39 Å². The topological polar surface area (TPSA) is 29.5 Å². The number of hydrogen-bond acceptors (Lipinski definition) is 2. The summed E-state index contributed by atoms with van der Waals surface area (Å²) in [4.78, 5) is 0. The number of ether oxygens (including phenoxy) is 1. The SMILES string of the molecule is Cc1cc(C)c(C)c(Oc2cc(C)c(F)cc2[C@H](C)O)c1. The predicted molar refractivity (Wildman–Crippen MR) is 82.5 cm³/mol. The lowest BCUT2D eigenvalue weighted by Crippen LogP contribution is -2.00. The number of benzene rings is 2. The minimum absolute atomic E-state index is 0.338. The summed E-state index contributed by atoms with van der Waals surface area (Å²) >= 11 is 0. The summed E-state index contributed by atoms with van der Waals surface area (Å²) in [6.07, 6.45) is -0.790. The van der Waals surface area contributed by atoms with Gasteiger partial charge in [0.25, 0.3) is 0 Å². The first-order valence-corrected chi connectivity index (χ1v) is 7.03. The van der Waals surface area contributed by atoms with Crippen LogP contribution in [0.15, 0.2) is 24.3 Å². The molecule has 2 nitrogen and oxygen atoms in total. The van der Waals surface area contributed by atoms with E-state index in [1.165, 1.54) is 6.07 Å². The van der Waals surface area contributed by atoms with Crippen LogP contribution < -0.4 is 4.74 Å². The zero-order valence-electron chi connectivity index (χ0n) is 13.1. The fraction of sp³-hybridized carbons (Fsp3) is 0.333. The van der Waals surface area contributed by atoms with E-state index >= 15 is 0 Å². The fourth-order valence-corrected chi connectivity index (χ4v) is 2.31. The Morgan fingerprint density at radius 3 is 2.24 bits per heavy atom. The number of aliphatic hydroxyl groups is 1. The molecule has 0 bridgehead atoms. The van der Waals surface area contributed by atoms with Crippen LogP contribution in [-0.2, 0) is 0 Å². The second-order valence-electron chi connectivity index (χ2n) is 5.62. The van der Waals surface area contributed by atoms with E-state index < -0.39 is 6.10 Å². The third kappa shape index (κ3) is 3.24. The van der Waals surface area contributed by atoms with E-state index in [0.717, 1.165) is 22.4 Å². The Balaban J connectivity index is 2.51. The molecule has 0 amide bonds. The van der Waals surface area contributed by atoms with Crippen molar-refractivity contribution in [3.63, 3.8) is 0 Å². The summed E-state index contributed by atoms with van der Waals surface area (Å²) in [5, 5.41) is 9.83. The van der Waals surface area contributed by atoms with Gasteiger partial charge in [0.15, 0.2) is 0 Å². The largest absolute Gasteiger partial charge is 0.457 e. The van der Waals surface area contributed by atoms with Gasteiger partial charge in [0.1, 0.15) is 17.3 Å². The molecule has 0 aromatic heterocycles. The van der Waals surface area contributed by atoms with E-state index in [2.05, 4.69) is 6.07 Å². The number of halogens is 1. The molecule has 1 N–H and O–H groups in total. The first kappa shape index (κ1) is 15.5. The molecule has 0 aliphatic rings. The minimum atomic E-state index is -0.790. The lowest BCUT2D eigenvalue weighted by atomic mass is 10.0. The van der Waals surface area contributed by atoms with Gasteiger partial charge in [-0.3, -0.25) is 0 Å². The Morgan fingerprint density at radius 1 is 0.952 bits per heavy atom. The maximum Gasteiger partial charge on any atom is 0.133 e. The summed E-state index contributed by atoms with van der Waals surface area (Å²) < 4.78 is 19.7. The summed E-state index contributed by atoms with van der Waals surface area (Å²) in [5.74, 6) is 0.896. The van der Waals surface area contributed by atoms with Crippen molar-refractivity contribution >= 4 is 0 Å². The molecule has 0 saturated heterocycles. The molecule has 2 aromatic rings. The summed E-state index contributed by atoms with van der Waals surface area (Å²) in [6, 6.07) is 7.02. The van der Waals surface area contributed by atoms with Crippen LogP contribution in [0.1, 0.15) is 40.8 Å². The van der Waals surface area contributed by atoms with Gasteiger partial charge in [-0.15, -0.1) is 0 Å². The Bertz CT molecular complexity index is 675. The van der Waals surface area contributed by atoms with Gasteiger partial charge >= 0.3 is 0 Å². The smallest absolute Gasteiger partial charge is 0.133 e. The number of rotatable bonds is 3. The Morgan fingerprint density at radius 2 is 1.62 bits per heavy atom. The van der Waals surface area contributed by atoms with Gasteiger partial charge in [-0.2, -0.15) is 0 Å². The van der Waals surface area contributed by atoms with Crippen LogP contribution in [0.25, 0.3) is 0 Å². The highest BCUT2D eigenvalue weighted by molar-refractivity contribution is 5.47. The molecular formula is C18H21FO2. The zero-order valence-corrected chi connectivity index (χ0v) is 13.1. The fourth-order valence-electron chi connectivity index (χ4n) is 2.31. The summed E-state index contributed by atoms with van der Waals surface area (Å²) in [5.41, 5.74) is 4.24. The summed E-state index contributed by atoms with van der Waals surface area (Å²) in [6.45, 7) is 9.31. The molecule has 21 heavy (non-hydrogen) atoms. The molecule has 0 heterocycles. The molecule has 0 spiro atoms. The van der Waals surface area contributed by atoms with Gasteiger partial charge in [-0.05, 0) is 75.1 Å². The molecule has 3 heteroatoms. The third-order valence-corrected chi connectivity index (χ3v) is 3.73. The molecule has 112 valence electrons. The Hall–Kier alpha value is -1.87. The van der Waals surface area contributed by atoms with Crippen molar-refractivity contribution in [2.24, 2.45) is 0 Å². The quantitative estimate of drug-likeness (QED) is 0.870. The lowest BCUT2D eigenvalue weighted by molar-refractivity contribution is 0.195. The molecule has 0 aliphatic carbocycles.